The van der Waals surface area contributed by atoms with E-state index in [1.165, 1.54) is 12.8 Å². The second kappa shape index (κ2) is 6.01. The molecule has 2 rings (SSSR count). The van der Waals surface area contributed by atoms with Gasteiger partial charge in [0, 0.05) is 23.7 Å². The van der Waals surface area contributed by atoms with Gasteiger partial charge in [0.15, 0.2) is 0 Å². The van der Waals surface area contributed by atoms with Crippen molar-refractivity contribution >= 4 is 6.29 Å². The van der Waals surface area contributed by atoms with E-state index in [4.69, 9.17) is 4.74 Å². The topological polar surface area (TPSA) is 29.5 Å². The van der Waals surface area contributed by atoms with E-state index in [9.17, 15) is 4.79 Å². The lowest BCUT2D eigenvalue weighted by Gasteiger charge is -2.22. The molecule has 0 aromatic heterocycles. The van der Waals surface area contributed by atoms with Crippen LogP contribution in [0.1, 0.15) is 42.1 Å². The molecule has 18 heavy (non-hydrogen) atoms. The lowest BCUT2D eigenvalue weighted by Crippen LogP contribution is -2.26. The predicted molar refractivity (Wildman–Crippen MR) is 72.1 cm³/mol. The normalized spacial score (nSPS) is 14.8. The number of hydrogen-bond donors (Lipinski definition) is 0. The lowest BCUT2D eigenvalue weighted by molar-refractivity contribution is 0.112. The number of hydrogen-bond acceptors (Lipinski definition) is 3. The molecule has 0 amide bonds. The molecule has 1 saturated carbocycles. The summed E-state index contributed by atoms with van der Waals surface area (Å²) < 4.78 is 5.38. The molecule has 0 unspecified atom stereocenters. The summed E-state index contributed by atoms with van der Waals surface area (Å²) in [6, 6.07) is 6.36. The Morgan fingerprint density at radius 3 is 2.78 bits per heavy atom. The van der Waals surface area contributed by atoms with Crippen LogP contribution in [0.5, 0.6) is 5.75 Å². The number of carbonyl (C=O) groups is 1. The summed E-state index contributed by atoms with van der Waals surface area (Å²) in [4.78, 5) is 13.4. The molecular formula is C15H21NO2. The fraction of sp³-hybridized carbons (Fsp3) is 0.533. The number of carbonyl (C=O) groups excluding carboxylic acids is 1. The van der Waals surface area contributed by atoms with Crippen molar-refractivity contribution in [2.24, 2.45) is 0 Å². The Labute approximate surface area is 109 Å². The van der Waals surface area contributed by atoms with Gasteiger partial charge in [0.25, 0.3) is 0 Å². The maximum absolute atomic E-state index is 10.9. The van der Waals surface area contributed by atoms with E-state index in [1.807, 2.05) is 12.1 Å². The summed E-state index contributed by atoms with van der Waals surface area (Å²) >= 11 is 0. The first-order valence-electron chi connectivity index (χ1n) is 6.64. The molecule has 0 N–H and O–H groups in total. The molecular weight excluding hydrogens is 226 g/mol. The average Bonchev–Trinajstić information content (AvgIpc) is 3.22. The zero-order chi connectivity index (χ0) is 13.0. The van der Waals surface area contributed by atoms with Crippen molar-refractivity contribution in [3.05, 3.63) is 29.3 Å². The second-order valence-corrected chi connectivity index (χ2v) is 4.89. The van der Waals surface area contributed by atoms with E-state index in [0.717, 1.165) is 48.7 Å². The highest BCUT2D eigenvalue weighted by Gasteiger charge is 2.28. The van der Waals surface area contributed by atoms with Crippen molar-refractivity contribution in [2.45, 2.75) is 38.8 Å². The molecule has 0 heterocycles. The quantitative estimate of drug-likeness (QED) is 0.694. The first kappa shape index (κ1) is 13.1. The molecule has 1 aromatic carbocycles. The van der Waals surface area contributed by atoms with Crippen molar-refractivity contribution in [3.8, 4) is 5.75 Å². The van der Waals surface area contributed by atoms with Gasteiger partial charge in [-0.2, -0.15) is 0 Å². The molecule has 3 heteroatoms. The van der Waals surface area contributed by atoms with Crippen LogP contribution in [0.25, 0.3) is 0 Å². The molecule has 3 nitrogen and oxygen atoms in total. The highest BCUT2D eigenvalue weighted by molar-refractivity contribution is 5.75. The van der Waals surface area contributed by atoms with Gasteiger partial charge in [0.1, 0.15) is 12.0 Å². The molecule has 0 spiro atoms. The molecule has 1 aromatic rings. The van der Waals surface area contributed by atoms with Crippen LogP contribution in [0.15, 0.2) is 18.2 Å². The van der Waals surface area contributed by atoms with Gasteiger partial charge in [0.05, 0.1) is 7.11 Å². The van der Waals surface area contributed by atoms with Gasteiger partial charge in [0.2, 0.25) is 0 Å². The number of aldehydes is 1. The van der Waals surface area contributed by atoms with Gasteiger partial charge in [-0.25, -0.2) is 0 Å². The minimum atomic E-state index is 0.720. The molecule has 0 atom stereocenters. The third-order valence-corrected chi connectivity index (χ3v) is 3.39. The lowest BCUT2D eigenvalue weighted by atomic mass is 10.1. The van der Waals surface area contributed by atoms with E-state index >= 15 is 0 Å². The Morgan fingerprint density at radius 1 is 1.44 bits per heavy atom. The van der Waals surface area contributed by atoms with Crippen LogP contribution in [-0.2, 0) is 6.54 Å². The molecule has 1 aliphatic rings. The van der Waals surface area contributed by atoms with Gasteiger partial charge < -0.3 is 4.74 Å². The first-order valence-corrected chi connectivity index (χ1v) is 6.64. The standard InChI is InChI=1S/C15H21NO2/c1-3-8-16(14-5-6-14)10-13-9-12(11-17)4-7-15(13)18-2/h4,7,9,11,14H,3,5-6,8,10H2,1-2H3. The smallest absolute Gasteiger partial charge is 0.150 e. The van der Waals surface area contributed by atoms with E-state index in [1.54, 1.807) is 13.2 Å². The Morgan fingerprint density at radius 2 is 2.22 bits per heavy atom. The van der Waals surface area contributed by atoms with Crippen molar-refractivity contribution in [3.63, 3.8) is 0 Å². The summed E-state index contributed by atoms with van der Waals surface area (Å²) in [5.41, 5.74) is 1.83. The monoisotopic (exact) mass is 247 g/mol. The molecule has 1 fully saturated rings. The van der Waals surface area contributed by atoms with E-state index in [0.29, 0.717) is 0 Å². The number of ether oxygens (including phenoxy) is 1. The van der Waals surface area contributed by atoms with E-state index in [-0.39, 0.29) is 0 Å². The number of nitrogens with zero attached hydrogens (tertiary/aromatic N) is 1. The SMILES string of the molecule is CCCN(Cc1cc(C=O)ccc1OC)C1CC1. The van der Waals surface area contributed by atoms with Gasteiger partial charge in [-0.3, -0.25) is 9.69 Å². The fourth-order valence-electron chi connectivity index (χ4n) is 2.33. The molecule has 0 saturated heterocycles. The number of methoxy groups -OCH3 is 1. The Kier molecular flexibility index (Phi) is 4.37. The summed E-state index contributed by atoms with van der Waals surface area (Å²) in [6.07, 6.45) is 4.65. The van der Waals surface area contributed by atoms with Gasteiger partial charge in [-0.1, -0.05) is 6.92 Å². The molecule has 0 radical (unpaired) electrons. The van der Waals surface area contributed by atoms with Crippen LogP contribution in [0.2, 0.25) is 0 Å². The predicted octanol–water partition coefficient (Wildman–Crippen LogP) is 2.88. The van der Waals surface area contributed by atoms with Crippen molar-refractivity contribution in [1.82, 2.24) is 4.90 Å². The fourth-order valence-corrected chi connectivity index (χ4v) is 2.33. The maximum atomic E-state index is 10.9. The van der Waals surface area contributed by atoms with Gasteiger partial charge in [-0.05, 0) is 44.0 Å². The zero-order valence-electron chi connectivity index (χ0n) is 11.2. The Bertz CT molecular complexity index is 413. The van der Waals surface area contributed by atoms with Crippen molar-refractivity contribution in [2.75, 3.05) is 13.7 Å². The zero-order valence-corrected chi connectivity index (χ0v) is 11.2. The van der Waals surface area contributed by atoms with Gasteiger partial charge >= 0.3 is 0 Å². The number of rotatable bonds is 7. The molecule has 98 valence electrons. The summed E-state index contributed by atoms with van der Waals surface area (Å²) in [5, 5.41) is 0. The minimum Gasteiger partial charge on any atom is -0.496 e. The average molecular weight is 247 g/mol. The minimum absolute atomic E-state index is 0.720. The van der Waals surface area contributed by atoms with Crippen molar-refractivity contribution in [1.29, 1.82) is 0 Å². The highest BCUT2D eigenvalue weighted by Crippen LogP contribution is 2.30. The molecule has 0 aliphatic heterocycles. The summed E-state index contributed by atoms with van der Waals surface area (Å²) in [6.45, 7) is 4.19. The Balaban J connectivity index is 2.16. The molecule has 0 bridgehead atoms. The largest absolute Gasteiger partial charge is 0.496 e. The Hall–Kier alpha value is -1.35. The second-order valence-electron chi connectivity index (χ2n) is 4.89. The highest BCUT2D eigenvalue weighted by atomic mass is 16.5. The van der Waals surface area contributed by atoms with Gasteiger partial charge in [-0.15, -0.1) is 0 Å². The molecule has 1 aliphatic carbocycles. The van der Waals surface area contributed by atoms with Crippen LogP contribution in [0, 0.1) is 0 Å². The first-order chi connectivity index (χ1) is 8.78. The van der Waals surface area contributed by atoms with Crippen molar-refractivity contribution < 1.29 is 9.53 Å². The van der Waals surface area contributed by atoms with Crippen LogP contribution in [0.4, 0.5) is 0 Å². The third kappa shape index (κ3) is 3.10. The summed E-state index contributed by atoms with van der Waals surface area (Å²) in [7, 11) is 1.68. The number of benzene rings is 1. The van der Waals surface area contributed by atoms with Crippen LogP contribution >= 0.6 is 0 Å². The third-order valence-electron chi connectivity index (χ3n) is 3.39. The summed E-state index contributed by atoms with van der Waals surface area (Å²) in [5.74, 6) is 0.877. The van der Waals surface area contributed by atoms with E-state index < -0.39 is 0 Å². The van der Waals surface area contributed by atoms with Crippen LogP contribution < -0.4 is 4.74 Å². The van der Waals surface area contributed by atoms with E-state index in [2.05, 4.69) is 11.8 Å². The van der Waals surface area contributed by atoms with Crippen LogP contribution in [0.3, 0.4) is 0 Å². The maximum Gasteiger partial charge on any atom is 0.150 e. The van der Waals surface area contributed by atoms with Crippen LogP contribution in [-0.4, -0.2) is 30.9 Å².